The minimum absolute atomic E-state index is 0.210. The van der Waals surface area contributed by atoms with Crippen LogP contribution in [0.25, 0.3) is 11.0 Å². The van der Waals surface area contributed by atoms with E-state index in [1.54, 1.807) is 0 Å². The van der Waals surface area contributed by atoms with Crippen LogP contribution in [-0.4, -0.2) is 69.8 Å². The van der Waals surface area contributed by atoms with E-state index in [1.807, 2.05) is 31.3 Å². The normalized spacial score (nSPS) is 19.9. The molecule has 2 fully saturated rings. The quantitative estimate of drug-likeness (QED) is 0.537. The Morgan fingerprint density at radius 1 is 1.06 bits per heavy atom. The predicted octanol–water partition coefficient (Wildman–Crippen LogP) is 4.07. The lowest BCUT2D eigenvalue weighted by Crippen LogP contribution is -2.54. The number of likely N-dealkylation sites (tertiary alicyclic amines) is 2. The van der Waals surface area contributed by atoms with E-state index in [-0.39, 0.29) is 5.82 Å². The summed E-state index contributed by atoms with van der Waals surface area (Å²) in [6.45, 7) is 4.90. The Labute approximate surface area is 206 Å². The van der Waals surface area contributed by atoms with Crippen molar-refractivity contribution in [3.63, 3.8) is 0 Å². The highest BCUT2D eigenvalue weighted by atomic mass is 32.1. The number of thiocarbonyl (C=S) groups is 1. The number of halogens is 1. The molecule has 6 nitrogen and oxygen atoms in total. The number of nitrogens with one attached hydrogen (secondary N) is 2. The summed E-state index contributed by atoms with van der Waals surface area (Å²) in [5.74, 6) is 0.686. The highest BCUT2D eigenvalue weighted by Crippen LogP contribution is 2.26. The third-order valence-electron chi connectivity index (χ3n) is 7.19. The minimum Gasteiger partial charge on any atom is -0.366 e. The second-order valence-corrected chi connectivity index (χ2v) is 9.78. The van der Waals surface area contributed by atoms with Crippen LogP contribution in [0.15, 0.2) is 48.5 Å². The van der Waals surface area contributed by atoms with E-state index >= 15 is 0 Å². The molecule has 0 saturated carbocycles. The number of para-hydroxylation sites is 2. The fourth-order valence-corrected chi connectivity index (χ4v) is 5.47. The summed E-state index contributed by atoms with van der Waals surface area (Å²) in [4.78, 5) is 9.86. The summed E-state index contributed by atoms with van der Waals surface area (Å²) in [6, 6.07) is 15.9. The van der Waals surface area contributed by atoms with Gasteiger partial charge in [-0.05, 0) is 67.7 Å². The van der Waals surface area contributed by atoms with Gasteiger partial charge >= 0.3 is 0 Å². The molecular formula is C26H33FN6S. The van der Waals surface area contributed by atoms with Crippen molar-refractivity contribution < 1.29 is 4.39 Å². The van der Waals surface area contributed by atoms with Gasteiger partial charge in [-0.1, -0.05) is 24.3 Å². The Morgan fingerprint density at radius 3 is 2.59 bits per heavy atom. The molecule has 34 heavy (non-hydrogen) atoms. The topological polar surface area (TPSA) is 48.4 Å². The zero-order valence-electron chi connectivity index (χ0n) is 19.7. The van der Waals surface area contributed by atoms with Gasteiger partial charge in [0.2, 0.25) is 5.95 Å². The number of anilines is 1. The van der Waals surface area contributed by atoms with Crippen molar-refractivity contribution in [1.82, 2.24) is 24.7 Å². The molecule has 0 radical (unpaired) electrons. The first-order valence-corrected chi connectivity index (χ1v) is 12.7. The van der Waals surface area contributed by atoms with E-state index in [9.17, 15) is 4.39 Å². The SMILES string of the molecule is CNC(=S)N1CCCC(N2CCC(Nc3nc4ccccc4n3Cc3ccc(F)cc3)CC2)C1. The molecule has 2 aliphatic heterocycles. The molecule has 8 heteroatoms. The number of hydrogen-bond donors (Lipinski definition) is 2. The number of hydrogen-bond acceptors (Lipinski definition) is 4. The van der Waals surface area contributed by atoms with Crippen molar-refractivity contribution in [2.75, 3.05) is 38.5 Å². The average molecular weight is 481 g/mol. The summed E-state index contributed by atoms with van der Waals surface area (Å²) in [5.41, 5.74) is 3.13. The Hall–Kier alpha value is -2.71. The van der Waals surface area contributed by atoms with Crippen LogP contribution in [0.4, 0.5) is 10.3 Å². The number of nitrogens with zero attached hydrogens (tertiary/aromatic N) is 4. The standard InChI is InChI=1S/C26H33FN6S/c1-28-26(34)32-14-4-5-22(18-32)31-15-12-21(13-16-31)29-25-30-23-6-2-3-7-24(23)33(25)17-19-8-10-20(27)11-9-19/h2-3,6-11,21-22H,4-5,12-18H2,1H3,(H,28,34)(H,29,30). The van der Waals surface area contributed by atoms with E-state index in [1.165, 1.54) is 25.0 Å². The molecule has 0 amide bonds. The Morgan fingerprint density at radius 2 is 1.82 bits per heavy atom. The Balaban J connectivity index is 1.25. The Bertz CT molecular complexity index is 1120. The van der Waals surface area contributed by atoms with Crippen molar-refractivity contribution in [3.05, 3.63) is 59.9 Å². The van der Waals surface area contributed by atoms with Crippen molar-refractivity contribution in [2.24, 2.45) is 0 Å². The van der Waals surface area contributed by atoms with Crippen LogP contribution in [0, 0.1) is 5.82 Å². The summed E-state index contributed by atoms with van der Waals surface area (Å²) in [6.07, 6.45) is 4.62. The van der Waals surface area contributed by atoms with E-state index in [0.717, 1.165) is 66.7 Å². The van der Waals surface area contributed by atoms with Gasteiger partial charge in [-0.15, -0.1) is 0 Å². The maximum Gasteiger partial charge on any atom is 0.204 e. The molecule has 2 saturated heterocycles. The monoisotopic (exact) mass is 480 g/mol. The molecule has 2 aliphatic rings. The van der Waals surface area contributed by atoms with Crippen LogP contribution in [0.5, 0.6) is 0 Å². The number of aromatic nitrogens is 2. The second kappa shape index (κ2) is 10.3. The van der Waals surface area contributed by atoms with Gasteiger partial charge in [0.25, 0.3) is 0 Å². The molecule has 0 aliphatic carbocycles. The number of piperidine rings is 2. The van der Waals surface area contributed by atoms with E-state index < -0.39 is 0 Å². The zero-order valence-corrected chi connectivity index (χ0v) is 20.5. The van der Waals surface area contributed by atoms with Crippen LogP contribution in [0.1, 0.15) is 31.2 Å². The van der Waals surface area contributed by atoms with Crippen LogP contribution in [0.3, 0.4) is 0 Å². The van der Waals surface area contributed by atoms with Crippen LogP contribution in [0.2, 0.25) is 0 Å². The van der Waals surface area contributed by atoms with E-state index in [2.05, 4.69) is 37.1 Å². The van der Waals surface area contributed by atoms with Crippen LogP contribution in [-0.2, 0) is 6.54 Å². The fraction of sp³-hybridized carbons (Fsp3) is 0.462. The third kappa shape index (κ3) is 5.03. The van der Waals surface area contributed by atoms with Crippen LogP contribution >= 0.6 is 12.2 Å². The lowest BCUT2D eigenvalue weighted by molar-refractivity contribution is 0.106. The van der Waals surface area contributed by atoms with Gasteiger partial charge < -0.3 is 20.1 Å². The first-order valence-electron chi connectivity index (χ1n) is 12.3. The maximum absolute atomic E-state index is 13.4. The van der Waals surface area contributed by atoms with E-state index in [0.29, 0.717) is 18.6 Å². The first-order chi connectivity index (χ1) is 16.6. The molecular weight excluding hydrogens is 447 g/mol. The van der Waals surface area contributed by atoms with Gasteiger partial charge in [-0.25, -0.2) is 9.37 Å². The zero-order chi connectivity index (χ0) is 23.5. The molecule has 2 aromatic carbocycles. The van der Waals surface area contributed by atoms with Crippen LogP contribution < -0.4 is 10.6 Å². The van der Waals surface area contributed by atoms with Gasteiger partial charge in [0.1, 0.15) is 5.82 Å². The van der Waals surface area contributed by atoms with Gasteiger partial charge in [-0.3, -0.25) is 4.90 Å². The molecule has 1 atom stereocenters. The summed E-state index contributed by atoms with van der Waals surface area (Å²) in [7, 11) is 1.91. The summed E-state index contributed by atoms with van der Waals surface area (Å²) in [5, 5.41) is 7.73. The number of fused-ring (bicyclic) bond motifs is 1. The maximum atomic E-state index is 13.4. The van der Waals surface area contributed by atoms with Crippen molar-refractivity contribution in [1.29, 1.82) is 0 Å². The van der Waals surface area contributed by atoms with Crippen molar-refractivity contribution in [2.45, 2.75) is 44.3 Å². The lowest BCUT2D eigenvalue weighted by Gasteiger charge is -2.43. The van der Waals surface area contributed by atoms with Crippen molar-refractivity contribution >= 4 is 34.3 Å². The lowest BCUT2D eigenvalue weighted by atomic mass is 9.98. The molecule has 5 rings (SSSR count). The number of rotatable bonds is 5. The van der Waals surface area contributed by atoms with Crippen molar-refractivity contribution in [3.8, 4) is 0 Å². The van der Waals surface area contributed by atoms with Gasteiger partial charge in [-0.2, -0.15) is 0 Å². The first kappa shape index (κ1) is 23.1. The molecule has 2 N–H and O–H groups in total. The fourth-order valence-electron chi connectivity index (χ4n) is 5.31. The molecule has 1 unspecified atom stereocenters. The molecule has 0 bridgehead atoms. The molecule has 0 spiro atoms. The number of imidazole rings is 1. The molecule has 180 valence electrons. The average Bonchev–Trinajstić information content (AvgIpc) is 3.22. The third-order valence-corrected chi connectivity index (χ3v) is 7.65. The number of benzene rings is 2. The Kier molecular flexibility index (Phi) is 6.97. The molecule has 1 aromatic heterocycles. The smallest absolute Gasteiger partial charge is 0.204 e. The largest absolute Gasteiger partial charge is 0.366 e. The summed E-state index contributed by atoms with van der Waals surface area (Å²) >= 11 is 5.47. The summed E-state index contributed by atoms with van der Waals surface area (Å²) < 4.78 is 15.6. The van der Waals surface area contributed by atoms with Gasteiger partial charge in [0.15, 0.2) is 5.11 Å². The highest BCUT2D eigenvalue weighted by Gasteiger charge is 2.30. The van der Waals surface area contributed by atoms with Gasteiger partial charge in [0, 0.05) is 45.3 Å². The minimum atomic E-state index is -0.210. The second-order valence-electron chi connectivity index (χ2n) is 9.39. The molecule has 3 heterocycles. The van der Waals surface area contributed by atoms with Gasteiger partial charge in [0.05, 0.1) is 17.6 Å². The van der Waals surface area contributed by atoms with E-state index in [4.69, 9.17) is 17.2 Å². The predicted molar refractivity (Wildman–Crippen MR) is 140 cm³/mol. The molecule has 3 aromatic rings. The highest BCUT2D eigenvalue weighted by molar-refractivity contribution is 7.80.